The molecule has 0 bridgehead atoms. The van der Waals surface area contributed by atoms with Crippen molar-refractivity contribution in [2.75, 3.05) is 20.6 Å². The molecule has 21 heavy (non-hydrogen) atoms. The summed E-state index contributed by atoms with van der Waals surface area (Å²) >= 11 is 0. The number of nitrogens with zero attached hydrogens (tertiary/aromatic N) is 1. The monoisotopic (exact) mass is 317 g/mol. The highest BCUT2D eigenvalue weighted by atomic mass is 35.5. The van der Waals surface area contributed by atoms with Crippen molar-refractivity contribution in [3.8, 4) is 0 Å². The van der Waals surface area contributed by atoms with Crippen LogP contribution in [0.1, 0.15) is 90.4 Å². The van der Waals surface area contributed by atoms with Crippen LogP contribution in [0.25, 0.3) is 0 Å². The Morgan fingerprint density at radius 1 is 0.619 bits per heavy atom. The van der Waals surface area contributed by atoms with E-state index < -0.39 is 0 Å². The molecule has 128 valence electrons. The van der Waals surface area contributed by atoms with Crippen LogP contribution in [0, 0.1) is 0 Å². The number of rotatable bonds is 15. The van der Waals surface area contributed by atoms with Gasteiger partial charge in [0.1, 0.15) is 0 Å². The van der Waals surface area contributed by atoms with Crippen LogP contribution in [0.15, 0.2) is 12.2 Å². The molecule has 1 nitrogen and oxygen atoms in total. The lowest BCUT2D eigenvalue weighted by Crippen LogP contribution is -2.11. The van der Waals surface area contributed by atoms with E-state index in [1.54, 1.807) is 0 Å². The third-order valence-corrected chi connectivity index (χ3v) is 3.88. The lowest BCUT2D eigenvalue weighted by Gasteiger charge is -2.05. The Morgan fingerprint density at radius 2 is 1.05 bits per heavy atom. The van der Waals surface area contributed by atoms with E-state index in [2.05, 4.69) is 38.1 Å². The van der Waals surface area contributed by atoms with E-state index in [0.29, 0.717) is 0 Å². The van der Waals surface area contributed by atoms with Crippen LogP contribution >= 0.6 is 12.4 Å². The molecule has 2 heteroatoms. The maximum atomic E-state index is 2.37. The molecular formula is C19H40ClN. The molecule has 0 saturated carbocycles. The van der Waals surface area contributed by atoms with Crippen LogP contribution in [-0.4, -0.2) is 25.5 Å². The van der Waals surface area contributed by atoms with Gasteiger partial charge in [-0.1, -0.05) is 83.3 Å². The Kier molecular flexibility index (Phi) is 22.1. The van der Waals surface area contributed by atoms with Gasteiger partial charge >= 0.3 is 0 Å². The molecule has 0 atom stereocenters. The van der Waals surface area contributed by atoms with Gasteiger partial charge in [-0.15, -0.1) is 12.4 Å². The SMILES string of the molecule is CCCCCCCCCCCCCC=CCCN(C)C.Cl. The molecule has 0 saturated heterocycles. The van der Waals surface area contributed by atoms with E-state index in [4.69, 9.17) is 0 Å². The average molecular weight is 318 g/mol. The largest absolute Gasteiger partial charge is 0.309 e. The molecule has 0 N–H and O–H groups in total. The van der Waals surface area contributed by atoms with Gasteiger partial charge in [0.2, 0.25) is 0 Å². The number of allylic oxidation sites excluding steroid dienone is 1. The molecule has 0 fully saturated rings. The second kappa shape index (κ2) is 20.0. The van der Waals surface area contributed by atoms with E-state index in [-0.39, 0.29) is 12.4 Å². The lowest BCUT2D eigenvalue weighted by molar-refractivity contribution is 0.417. The summed E-state index contributed by atoms with van der Waals surface area (Å²) in [5.74, 6) is 0. The minimum atomic E-state index is 0. The normalized spacial score (nSPS) is 11.2. The zero-order valence-corrected chi connectivity index (χ0v) is 15.7. The number of hydrogen-bond donors (Lipinski definition) is 0. The first-order valence-corrected chi connectivity index (χ1v) is 9.07. The van der Waals surface area contributed by atoms with Crippen LogP contribution in [0.2, 0.25) is 0 Å². The molecule has 0 aromatic carbocycles. The van der Waals surface area contributed by atoms with Crippen LogP contribution in [-0.2, 0) is 0 Å². The van der Waals surface area contributed by atoms with Gasteiger partial charge in [-0.3, -0.25) is 0 Å². The molecule has 0 amide bonds. The fourth-order valence-corrected chi connectivity index (χ4v) is 2.49. The fourth-order valence-electron chi connectivity index (χ4n) is 2.49. The molecule has 0 rings (SSSR count). The average Bonchev–Trinajstić information content (AvgIpc) is 2.43. The molecular weight excluding hydrogens is 278 g/mol. The molecule has 0 aromatic heterocycles. The van der Waals surface area contributed by atoms with E-state index in [9.17, 15) is 0 Å². The summed E-state index contributed by atoms with van der Waals surface area (Å²) in [6, 6.07) is 0. The quantitative estimate of drug-likeness (QED) is 0.242. The molecule has 0 unspecified atom stereocenters. The fraction of sp³-hybridized carbons (Fsp3) is 0.895. The van der Waals surface area contributed by atoms with Gasteiger partial charge in [0.15, 0.2) is 0 Å². The van der Waals surface area contributed by atoms with Gasteiger partial charge in [0.25, 0.3) is 0 Å². The summed E-state index contributed by atoms with van der Waals surface area (Å²) in [6.45, 7) is 3.46. The van der Waals surface area contributed by atoms with Gasteiger partial charge in [-0.25, -0.2) is 0 Å². The second-order valence-electron chi connectivity index (χ2n) is 6.39. The minimum Gasteiger partial charge on any atom is -0.309 e. The highest BCUT2D eigenvalue weighted by molar-refractivity contribution is 5.85. The summed E-state index contributed by atoms with van der Waals surface area (Å²) in [7, 11) is 4.27. The topological polar surface area (TPSA) is 3.24 Å². The predicted molar refractivity (Wildman–Crippen MR) is 101 cm³/mol. The van der Waals surface area contributed by atoms with Crippen LogP contribution in [0.4, 0.5) is 0 Å². The van der Waals surface area contributed by atoms with Gasteiger partial charge in [-0.05, 0) is 33.4 Å². The Bertz CT molecular complexity index is 202. The highest BCUT2D eigenvalue weighted by Crippen LogP contribution is 2.12. The Labute approximate surface area is 141 Å². The van der Waals surface area contributed by atoms with E-state index in [1.165, 1.54) is 90.0 Å². The first kappa shape index (κ1) is 23.3. The third-order valence-electron chi connectivity index (χ3n) is 3.88. The summed E-state index contributed by atoms with van der Waals surface area (Å²) in [5.41, 5.74) is 0. The molecule has 0 aliphatic rings. The van der Waals surface area contributed by atoms with Crippen molar-refractivity contribution in [3.63, 3.8) is 0 Å². The van der Waals surface area contributed by atoms with Crippen molar-refractivity contribution >= 4 is 12.4 Å². The maximum absolute atomic E-state index is 2.37. The first-order chi connectivity index (χ1) is 9.77. The maximum Gasteiger partial charge on any atom is 0.000980 e. The molecule has 0 spiro atoms. The van der Waals surface area contributed by atoms with Crippen molar-refractivity contribution in [1.29, 1.82) is 0 Å². The van der Waals surface area contributed by atoms with Crippen molar-refractivity contribution in [1.82, 2.24) is 4.90 Å². The molecule has 0 aliphatic carbocycles. The molecule has 0 aliphatic heterocycles. The second-order valence-corrected chi connectivity index (χ2v) is 6.39. The molecule has 0 heterocycles. The summed E-state index contributed by atoms with van der Waals surface area (Å²) in [5, 5.41) is 0. The van der Waals surface area contributed by atoms with Gasteiger partial charge in [0, 0.05) is 6.54 Å². The molecule has 0 aromatic rings. The summed E-state index contributed by atoms with van der Waals surface area (Å²) in [6.07, 6.45) is 23.0. The van der Waals surface area contributed by atoms with Crippen molar-refractivity contribution in [2.45, 2.75) is 90.4 Å². The van der Waals surface area contributed by atoms with Gasteiger partial charge in [0.05, 0.1) is 0 Å². The van der Waals surface area contributed by atoms with E-state index >= 15 is 0 Å². The summed E-state index contributed by atoms with van der Waals surface area (Å²) in [4.78, 5) is 2.24. The van der Waals surface area contributed by atoms with Crippen molar-refractivity contribution < 1.29 is 0 Å². The smallest absolute Gasteiger partial charge is 0.000980 e. The molecule has 0 radical (unpaired) electrons. The Balaban J connectivity index is 0. The van der Waals surface area contributed by atoms with Crippen molar-refractivity contribution in [3.05, 3.63) is 12.2 Å². The van der Waals surface area contributed by atoms with E-state index in [1.807, 2.05) is 0 Å². The Hall–Kier alpha value is -0.0100. The predicted octanol–water partition coefficient (Wildman–Crippen LogP) is 6.62. The lowest BCUT2D eigenvalue weighted by atomic mass is 10.1. The zero-order valence-electron chi connectivity index (χ0n) is 14.9. The van der Waals surface area contributed by atoms with Crippen molar-refractivity contribution in [2.24, 2.45) is 0 Å². The zero-order chi connectivity index (χ0) is 14.9. The van der Waals surface area contributed by atoms with Crippen LogP contribution < -0.4 is 0 Å². The van der Waals surface area contributed by atoms with Crippen LogP contribution in [0.3, 0.4) is 0 Å². The highest BCUT2D eigenvalue weighted by Gasteiger charge is 1.92. The minimum absolute atomic E-state index is 0. The standard InChI is InChI=1S/C19H39N.ClH/c1-4-5-6-7-8-9-10-11-12-13-14-15-16-17-18-19-20(2)3;/h16-17H,4-15,18-19H2,1-3H3;1H. The van der Waals surface area contributed by atoms with Gasteiger partial charge in [-0.2, -0.15) is 0 Å². The van der Waals surface area contributed by atoms with E-state index in [0.717, 1.165) is 0 Å². The number of unbranched alkanes of at least 4 members (excludes halogenated alkanes) is 11. The number of hydrogen-bond acceptors (Lipinski definition) is 1. The third kappa shape index (κ3) is 22.4. The Morgan fingerprint density at radius 3 is 1.52 bits per heavy atom. The summed E-state index contributed by atoms with van der Waals surface area (Å²) < 4.78 is 0. The first-order valence-electron chi connectivity index (χ1n) is 9.07. The van der Waals surface area contributed by atoms with Gasteiger partial charge < -0.3 is 4.90 Å². The van der Waals surface area contributed by atoms with Crippen LogP contribution in [0.5, 0.6) is 0 Å². The number of halogens is 1.